The van der Waals surface area contributed by atoms with E-state index in [9.17, 15) is 19.3 Å². The molecule has 7 heteroatoms. The summed E-state index contributed by atoms with van der Waals surface area (Å²) in [6.45, 7) is 0. The van der Waals surface area contributed by atoms with Crippen LogP contribution in [0.1, 0.15) is 10.4 Å². The minimum absolute atomic E-state index is 0.350. The molecule has 0 saturated heterocycles. The molecule has 0 bridgehead atoms. The number of hydrogen-bond donors (Lipinski definition) is 2. The van der Waals surface area contributed by atoms with Gasteiger partial charge in [0, 0.05) is 17.4 Å². The van der Waals surface area contributed by atoms with Gasteiger partial charge < -0.3 is 11.1 Å². The lowest BCUT2D eigenvalue weighted by molar-refractivity contribution is -0.385. The molecule has 0 spiro atoms. The van der Waals surface area contributed by atoms with Crippen molar-refractivity contribution in [1.29, 1.82) is 0 Å². The van der Waals surface area contributed by atoms with Crippen molar-refractivity contribution in [3.63, 3.8) is 0 Å². The van der Waals surface area contributed by atoms with Gasteiger partial charge in [-0.1, -0.05) is 6.07 Å². The molecule has 0 saturated carbocycles. The summed E-state index contributed by atoms with van der Waals surface area (Å²) in [7, 11) is 0. The van der Waals surface area contributed by atoms with Gasteiger partial charge in [-0.3, -0.25) is 14.9 Å². The molecule has 0 heterocycles. The van der Waals surface area contributed by atoms with Crippen LogP contribution in [0.3, 0.4) is 0 Å². The highest BCUT2D eigenvalue weighted by Gasteiger charge is 2.21. The minimum Gasteiger partial charge on any atom is -0.399 e. The molecule has 0 aliphatic carbocycles. The van der Waals surface area contributed by atoms with E-state index in [0.29, 0.717) is 11.4 Å². The van der Waals surface area contributed by atoms with Gasteiger partial charge in [0.25, 0.3) is 11.6 Å². The first-order valence-corrected chi connectivity index (χ1v) is 5.58. The molecule has 0 aliphatic rings. The third kappa shape index (κ3) is 2.89. The first-order valence-electron chi connectivity index (χ1n) is 5.58. The second-order valence-corrected chi connectivity index (χ2v) is 4.00. The summed E-state index contributed by atoms with van der Waals surface area (Å²) in [6.07, 6.45) is 0. The van der Waals surface area contributed by atoms with Crippen LogP contribution in [0.5, 0.6) is 0 Å². The van der Waals surface area contributed by atoms with E-state index < -0.39 is 22.3 Å². The Bertz CT molecular complexity index is 688. The average Bonchev–Trinajstić information content (AvgIpc) is 2.38. The number of nitrogens with two attached hydrogens (primary N) is 1. The molecule has 1 amide bonds. The molecule has 102 valence electrons. The minimum atomic E-state index is -0.776. The molecule has 0 unspecified atom stereocenters. The topological polar surface area (TPSA) is 98.3 Å². The number of carbonyl (C=O) groups is 1. The van der Waals surface area contributed by atoms with Crippen molar-refractivity contribution in [2.24, 2.45) is 0 Å². The number of carbonyl (C=O) groups excluding carboxylic acids is 1. The van der Waals surface area contributed by atoms with Crippen molar-refractivity contribution < 1.29 is 14.1 Å². The molecule has 2 rings (SSSR count). The number of halogens is 1. The molecule has 0 fully saturated rings. The molecule has 6 nitrogen and oxygen atoms in total. The molecule has 0 atom stereocenters. The predicted octanol–water partition coefficient (Wildman–Crippen LogP) is 2.57. The zero-order chi connectivity index (χ0) is 14.7. The maximum absolute atomic E-state index is 13.2. The van der Waals surface area contributed by atoms with Crippen LogP contribution in [0.2, 0.25) is 0 Å². The molecule has 3 N–H and O–H groups in total. The van der Waals surface area contributed by atoms with Crippen LogP contribution in [-0.4, -0.2) is 10.8 Å². The first-order chi connectivity index (χ1) is 9.47. The van der Waals surface area contributed by atoms with Crippen LogP contribution in [0.15, 0.2) is 42.5 Å². The Balaban J connectivity index is 2.34. The summed E-state index contributed by atoms with van der Waals surface area (Å²) < 4.78 is 13.2. The summed E-state index contributed by atoms with van der Waals surface area (Å²) in [4.78, 5) is 22.1. The second-order valence-electron chi connectivity index (χ2n) is 4.00. The normalized spacial score (nSPS) is 10.1. The zero-order valence-corrected chi connectivity index (χ0v) is 10.2. The number of hydrogen-bond acceptors (Lipinski definition) is 4. The second kappa shape index (κ2) is 5.35. The predicted molar refractivity (Wildman–Crippen MR) is 71.9 cm³/mol. The Labute approximate surface area is 113 Å². The highest BCUT2D eigenvalue weighted by Crippen LogP contribution is 2.21. The first kappa shape index (κ1) is 13.5. The third-order valence-electron chi connectivity index (χ3n) is 2.54. The molecule has 0 aromatic heterocycles. The van der Waals surface area contributed by atoms with Crippen LogP contribution in [0.4, 0.5) is 21.5 Å². The van der Waals surface area contributed by atoms with E-state index in [-0.39, 0.29) is 5.56 Å². The maximum atomic E-state index is 13.2. The standard InChI is InChI=1S/C13H10FN3O3/c14-8-4-5-12(17(19)20)11(6-8)13(18)16-10-3-1-2-9(15)7-10/h1-7H,15H2,(H,16,18). The van der Waals surface area contributed by atoms with Crippen LogP contribution < -0.4 is 11.1 Å². The van der Waals surface area contributed by atoms with E-state index in [1.807, 2.05) is 0 Å². The smallest absolute Gasteiger partial charge is 0.282 e. The van der Waals surface area contributed by atoms with Crippen molar-refractivity contribution in [1.82, 2.24) is 0 Å². The van der Waals surface area contributed by atoms with E-state index in [1.165, 1.54) is 6.07 Å². The number of nitrogens with zero attached hydrogens (tertiary/aromatic N) is 1. The average molecular weight is 275 g/mol. The number of rotatable bonds is 3. The monoisotopic (exact) mass is 275 g/mol. The fraction of sp³-hybridized carbons (Fsp3) is 0. The van der Waals surface area contributed by atoms with Crippen molar-refractivity contribution in [2.75, 3.05) is 11.1 Å². The van der Waals surface area contributed by atoms with Gasteiger partial charge in [0.2, 0.25) is 0 Å². The van der Waals surface area contributed by atoms with Crippen molar-refractivity contribution in [2.45, 2.75) is 0 Å². The summed E-state index contributed by atoms with van der Waals surface area (Å²) in [5.74, 6) is -1.50. The molecule has 2 aromatic carbocycles. The molecule has 2 aromatic rings. The maximum Gasteiger partial charge on any atom is 0.282 e. The summed E-state index contributed by atoms with van der Waals surface area (Å²) in [5, 5.41) is 13.3. The highest BCUT2D eigenvalue weighted by atomic mass is 19.1. The van der Waals surface area contributed by atoms with Crippen LogP contribution in [-0.2, 0) is 0 Å². The van der Waals surface area contributed by atoms with Gasteiger partial charge in [0.1, 0.15) is 11.4 Å². The Morgan fingerprint density at radius 1 is 1.25 bits per heavy atom. The molecular weight excluding hydrogens is 265 g/mol. The van der Waals surface area contributed by atoms with Gasteiger partial charge in [-0.05, 0) is 30.3 Å². The fourth-order valence-corrected chi connectivity index (χ4v) is 1.66. The fourth-order valence-electron chi connectivity index (χ4n) is 1.66. The van der Waals surface area contributed by atoms with E-state index in [1.54, 1.807) is 18.2 Å². The highest BCUT2D eigenvalue weighted by molar-refractivity contribution is 6.07. The molecule has 0 aliphatic heterocycles. The van der Waals surface area contributed by atoms with Crippen molar-refractivity contribution in [3.8, 4) is 0 Å². The van der Waals surface area contributed by atoms with Crippen molar-refractivity contribution >= 4 is 23.0 Å². The molecule has 20 heavy (non-hydrogen) atoms. The van der Waals surface area contributed by atoms with Gasteiger partial charge in [-0.2, -0.15) is 0 Å². The van der Waals surface area contributed by atoms with Gasteiger partial charge in [-0.15, -0.1) is 0 Å². The Morgan fingerprint density at radius 2 is 2.00 bits per heavy atom. The lowest BCUT2D eigenvalue weighted by atomic mass is 10.1. The van der Waals surface area contributed by atoms with E-state index >= 15 is 0 Å². The van der Waals surface area contributed by atoms with Gasteiger partial charge in [0.05, 0.1) is 4.92 Å². The lowest BCUT2D eigenvalue weighted by Gasteiger charge is -2.06. The Kier molecular flexibility index (Phi) is 3.60. The third-order valence-corrected chi connectivity index (χ3v) is 2.54. The number of amides is 1. The van der Waals surface area contributed by atoms with E-state index in [0.717, 1.165) is 18.2 Å². The van der Waals surface area contributed by atoms with Crippen LogP contribution in [0.25, 0.3) is 0 Å². The molecular formula is C13H10FN3O3. The van der Waals surface area contributed by atoms with E-state index in [4.69, 9.17) is 5.73 Å². The quantitative estimate of drug-likeness (QED) is 0.511. The number of nitrogen functional groups attached to an aromatic ring is 1. The SMILES string of the molecule is Nc1cccc(NC(=O)c2cc(F)ccc2[N+](=O)[O-])c1. The number of anilines is 2. The number of nitro groups is 1. The van der Waals surface area contributed by atoms with Crippen LogP contribution >= 0.6 is 0 Å². The van der Waals surface area contributed by atoms with Crippen molar-refractivity contribution in [3.05, 3.63) is 64.0 Å². The number of benzene rings is 2. The lowest BCUT2D eigenvalue weighted by Crippen LogP contribution is -2.14. The Hall–Kier alpha value is -2.96. The summed E-state index contributed by atoms with van der Waals surface area (Å²) in [6, 6.07) is 8.99. The van der Waals surface area contributed by atoms with Crippen LogP contribution in [0, 0.1) is 15.9 Å². The number of nitro benzene ring substituents is 1. The van der Waals surface area contributed by atoms with Gasteiger partial charge in [0.15, 0.2) is 0 Å². The summed E-state index contributed by atoms with van der Waals surface area (Å²) in [5.41, 5.74) is 5.54. The zero-order valence-electron chi connectivity index (χ0n) is 10.2. The Morgan fingerprint density at radius 3 is 2.65 bits per heavy atom. The van der Waals surface area contributed by atoms with Gasteiger partial charge in [-0.25, -0.2) is 4.39 Å². The summed E-state index contributed by atoms with van der Waals surface area (Å²) >= 11 is 0. The number of nitrogens with one attached hydrogen (secondary N) is 1. The molecule has 0 radical (unpaired) electrons. The largest absolute Gasteiger partial charge is 0.399 e. The van der Waals surface area contributed by atoms with E-state index in [2.05, 4.69) is 5.32 Å². The van der Waals surface area contributed by atoms with Gasteiger partial charge >= 0.3 is 0 Å².